The number of aliphatic hydroxyl groups is 1. The van der Waals surface area contributed by atoms with Crippen molar-refractivity contribution in [1.82, 2.24) is 9.78 Å². The minimum absolute atomic E-state index is 0.238. The summed E-state index contributed by atoms with van der Waals surface area (Å²) in [5.74, 6) is -0.102. The van der Waals surface area contributed by atoms with Crippen LogP contribution in [0.5, 0.6) is 0 Å². The van der Waals surface area contributed by atoms with E-state index in [0.29, 0.717) is 11.3 Å². The predicted molar refractivity (Wildman–Crippen MR) is 57.1 cm³/mol. The first kappa shape index (κ1) is 10.6. The van der Waals surface area contributed by atoms with Crippen LogP contribution in [0.4, 0.5) is 10.2 Å². The zero-order chi connectivity index (χ0) is 11.7. The van der Waals surface area contributed by atoms with Gasteiger partial charge < -0.3 is 16.6 Å². The highest BCUT2D eigenvalue weighted by Crippen LogP contribution is 2.20. The molecule has 0 saturated heterocycles. The first-order chi connectivity index (χ1) is 7.59. The maximum Gasteiger partial charge on any atom is 0.134 e. The van der Waals surface area contributed by atoms with Crippen molar-refractivity contribution in [3.63, 3.8) is 0 Å². The number of halogens is 1. The summed E-state index contributed by atoms with van der Waals surface area (Å²) < 4.78 is 14.1. The van der Waals surface area contributed by atoms with E-state index in [4.69, 9.17) is 11.5 Å². The second-order valence-corrected chi connectivity index (χ2v) is 3.32. The Morgan fingerprint density at radius 3 is 2.44 bits per heavy atom. The second kappa shape index (κ2) is 3.92. The van der Waals surface area contributed by atoms with Gasteiger partial charge in [0.05, 0.1) is 17.4 Å². The number of aliphatic hydroxyl groups excluding tert-OH is 1. The zero-order valence-electron chi connectivity index (χ0n) is 8.34. The molecule has 5 N–H and O–H groups in total. The molecule has 0 amide bonds. The van der Waals surface area contributed by atoms with E-state index < -0.39 is 6.23 Å². The molecule has 1 unspecified atom stereocenters. The number of hydrogen-bond donors (Lipinski definition) is 3. The van der Waals surface area contributed by atoms with Gasteiger partial charge in [-0.15, -0.1) is 0 Å². The topological polar surface area (TPSA) is 90.1 Å². The molecule has 2 aromatic rings. The summed E-state index contributed by atoms with van der Waals surface area (Å²) in [5.41, 5.74) is 12.0. The maximum absolute atomic E-state index is 12.7. The Balaban J connectivity index is 2.45. The SMILES string of the molecule is Nc1c(C(N)O)cnn1-c1ccc(F)cc1. The summed E-state index contributed by atoms with van der Waals surface area (Å²) in [4.78, 5) is 0. The van der Waals surface area contributed by atoms with Gasteiger partial charge in [0.15, 0.2) is 0 Å². The number of anilines is 1. The lowest BCUT2D eigenvalue weighted by Gasteiger charge is -2.06. The monoisotopic (exact) mass is 222 g/mol. The van der Waals surface area contributed by atoms with Crippen molar-refractivity contribution in [2.45, 2.75) is 6.23 Å². The van der Waals surface area contributed by atoms with Gasteiger partial charge in [-0.3, -0.25) is 0 Å². The largest absolute Gasteiger partial charge is 0.383 e. The van der Waals surface area contributed by atoms with E-state index in [-0.39, 0.29) is 11.6 Å². The van der Waals surface area contributed by atoms with Crippen molar-refractivity contribution < 1.29 is 9.50 Å². The third kappa shape index (κ3) is 1.75. The molecular weight excluding hydrogens is 211 g/mol. The van der Waals surface area contributed by atoms with E-state index in [2.05, 4.69) is 5.10 Å². The summed E-state index contributed by atoms with van der Waals surface area (Å²) in [5, 5.41) is 13.2. The van der Waals surface area contributed by atoms with Crippen LogP contribution in [0.1, 0.15) is 11.8 Å². The first-order valence-electron chi connectivity index (χ1n) is 4.62. The molecule has 0 aliphatic rings. The van der Waals surface area contributed by atoms with E-state index >= 15 is 0 Å². The molecule has 84 valence electrons. The molecule has 2 rings (SSSR count). The molecule has 0 saturated carbocycles. The number of nitrogens with two attached hydrogens (primary N) is 2. The van der Waals surface area contributed by atoms with Crippen molar-refractivity contribution in [3.05, 3.63) is 41.8 Å². The summed E-state index contributed by atoms with van der Waals surface area (Å²) in [6, 6.07) is 5.67. The number of rotatable bonds is 2. The fourth-order valence-electron chi connectivity index (χ4n) is 1.39. The molecule has 0 radical (unpaired) electrons. The van der Waals surface area contributed by atoms with Crippen LogP contribution in [0.15, 0.2) is 30.5 Å². The summed E-state index contributed by atoms with van der Waals surface area (Å²) in [6.45, 7) is 0. The van der Waals surface area contributed by atoms with Crippen molar-refractivity contribution >= 4 is 5.82 Å². The summed E-state index contributed by atoms with van der Waals surface area (Å²) >= 11 is 0. The molecule has 1 heterocycles. The fourth-order valence-corrected chi connectivity index (χ4v) is 1.39. The van der Waals surface area contributed by atoms with E-state index in [9.17, 15) is 9.50 Å². The van der Waals surface area contributed by atoms with Gasteiger partial charge in [0.1, 0.15) is 17.9 Å². The fraction of sp³-hybridized carbons (Fsp3) is 0.100. The van der Waals surface area contributed by atoms with E-state index in [0.717, 1.165) is 0 Å². The van der Waals surface area contributed by atoms with Crippen LogP contribution in [0.3, 0.4) is 0 Å². The summed E-state index contributed by atoms with van der Waals surface area (Å²) in [7, 11) is 0. The number of nitrogens with zero attached hydrogens (tertiary/aromatic N) is 2. The first-order valence-corrected chi connectivity index (χ1v) is 4.62. The average Bonchev–Trinajstić information content (AvgIpc) is 2.61. The standard InChI is InChI=1S/C10H11FN4O/c11-6-1-3-7(4-2-6)15-9(12)8(5-14-15)10(13)16/h1-5,10,16H,12-13H2. The van der Waals surface area contributed by atoms with E-state index in [1.165, 1.54) is 35.1 Å². The van der Waals surface area contributed by atoms with Gasteiger partial charge in [0.2, 0.25) is 0 Å². The Bertz CT molecular complexity index is 492. The molecule has 6 heteroatoms. The molecule has 0 aliphatic carbocycles. The predicted octanol–water partition coefficient (Wildman–Crippen LogP) is 0.543. The molecule has 0 aliphatic heterocycles. The van der Waals surface area contributed by atoms with Crippen molar-refractivity contribution in [1.29, 1.82) is 0 Å². The zero-order valence-corrected chi connectivity index (χ0v) is 8.34. The second-order valence-electron chi connectivity index (χ2n) is 3.32. The Morgan fingerprint density at radius 2 is 1.94 bits per heavy atom. The average molecular weight is 222 g/mol. The van der Waals surface area contributed by atoms with Crippen LogP contribution in [0, 0.1) is 5.82 Å². The molecule has 1 aromatic heterocycles. The van der Waals surface area contributed by atoms with Gasteiger partial charge in [-0.2, -0.15) is 5.10 Å². The normalized spacial score (nSPS) is 12.7. The van der Waals surface area contributed by atoms with Gasteiger partial charge in [-0.1, -0.05) is 0 Å². The van der Waals surface area contributed by atoms with Gasteiger partial charge in [0.25, 0.3) is 0 Å². The molecule has 1 atom stereocenters. The number of hydrogen-bond acceptors (Lipinski definition) is 4. The Hall–Kier alpha value is -1.92. The van der Waals surface area contributed by atoms with E-state index in [1.807, 2.05) is 0 Å². The van der Waals surface area contributed by atoms with Crippen LogP contribution in [-0.2, 0) is 0 Å². The van der Waals surface area contributed by atoms with Crippen LogP contribution < -0.4 is 11.5 Å². The Kier molecular flexibility index (Phi) is 2.59. The lowest BCUT2D eigenvalue weighted by molar-refractivity contribution is 0.187. The smallest absolute Gasteiger partial charge is 0.134 e. The van der Waals surface area contributed by atoms with Crippen LogP contribution in [0.25, 0.3) is 5.69 Å². The molecule has 0 spiro atoms. The van der Waals surface area contributed by atoms with Crippen molar-refractivity contribution in [3.8, 4) is 5.69 Å². The lowest BCUT2D eigenvalue weighted by atomic mass is 10.3. The van der Waals surface area contributed by atoms with Crippen LogP contribution >= 0.6 is 0 Å². The third-order valence-electron chi connectivity index (χ3n) is 2.23. The van der Waals surface area contributed by atoms with Crippen molar-refractivity contribution in [2.24, 2.45) is 5.73 Å². The molecule has 16 heavy (non-hydrogen) atoms. The highest BCUT2D eigenvalue weighted by molar-refractivity contribution is 5.47. The minimum Gasteiger partial charge on any atom is -0.383 e. The molecule has 5 nitrogen and oxygen atoms in total. The van der Waals surface area contributed by atoms with Gasteiger partial charge in [-0.05, 0) is 24.3 Å². The molecule has 0 fully saturated rings. The van der Waals surface area contributed by atoms with Crippen LogP contribution in [0.2, 0.25) is 0 Å². The van der Waals surface area contributed by atoms with Crippen molar-refractivity contribution in [2.75, 3.05) is 5.73 Å². The molecule has 1 aromatic carbocycles. The number of benzene rings is 1. The van der Waals surface area contributed by atoms with Gasteiger partial charge in [-0.25, -0.2) is 9.07 Å². The summed E-state index contributed by atoms with van der Waals surface area (Å²) in [6.07, 6.45) is 0.206. The van der Waals surface area contributed by atoms with E-state index in [1.54, 1.807) is 0 Å². The third-order valence-corrected chi connectivity index (χ3v) is 2.23. The number of aromatic nitrogens is 2. The Labute approximate surface area is 91.1 Å². The lowest BCUT2D eigenvalue weighted by Crippen LogP contribution is -2.11. The van der Waals surface area contributed by atoms with Gasteiger partial charge >= 0.3 is 0 Å². The number of nitrogen functional groups attached to an aromatic ring is 1. The minimum atomic E-state index is -1.17. The van der Waals surface area contributed by atoms with Gasteiger partial charge in [0, 0.05) is 0 Å². The highest BCUT2D eigenvalue weighted by atomic mass is 19.1. The molecular formula is C10H11FN4O. The Morgan fingerprint density at radius 1 is 1.31 bits per heavy atom. The van der Waals surface area contributed by atoms with Crippen LogP contribution in [-0.4, -0.2) is 14.9 Å². The highest BCUT2D eigenvalue weighted by Gasteiger charge is 2.13. The molecule has 0 bridgehead atoms. The maximum atomic E-state index is 12.7. The quantitative estimate of drug-likeness (QED) is 0.647.